The second-order valence-corrected chi connectivity index (χ2v) is 12.5. The van der Waals surface area contributed by atoms with Crippen LogP contribution in [0.15, 0.2) is 18.2 Å². The minimum absolute atomic E-state index is 0.0200. The molecule has 0 unspecified atom stereocenters. The number of carbonyl (C=O) groups excluding carboxylic acids is 1. The molecule has 2 atom stereocenters. The van der Waals surface area contributed by atoms with Crippen LogP contribution in [0, 0.1) is 28.9 Å². The predicted octanol–water partition coefficient (Wildman–Crippen LogP) is 5.06. The molecule has 4 aromatic rings. The molecule has 4 heterocycles. The molecule has 4 N–H and O–H groups in total. The Hall–Kier alpha value is -3.79. The topological polar surface area (TPSA) is 139 Å². The third-order valence-electron chi connectivity index (χ3n) is 8.41. The number of nitriles is 1. The highest BCUT2D eigenvalue weighted by Crippen LogP contribution is 2.45. The Labute approximate surface area is 248 Å². The van der Waals surface area contributed by atoms with Crippen molar-refractivity contribution in [2.45, 2.75) is 43.8 Å². The molecule has 1 aliphatic carbocycles. The molecule has 13 heteroatoms. The van der Waals surface area contributed by atoms with Gasteiger partial charge in [-0.15, -0.1) is 11.3 Å². The van der Waals surface area contributed by atoms with Gasteiger partial charge < -0.3 is 20.7 Å². The first kappa shape index (κ1) is 27.1. The first-order valence-corrected chi connectivity index (χ1v) is 14.9. The minimum atomic E-state index is -0.759. The van der Waals surface area contributed by atoms with Gasteiger partial charge in [0.1, 0.15) is 34.3 Å². The Morgan fingerprint density at radius 3 is 2.71 bits per heavy atom. The maximum absolute atomic E-state index is 16.4. The van der Waals surface area contributed by atoms with Gasteiger partial charge in [0, 0.05) is 41.5 Å². The molecule has 0 spiro atoms. The number of benzene rings is 2. The molecule has 3 fully saturated rings. The molecule has 42 heavy (non-hydrogen) atoms. The number of thiophene rings is 1. The number of carbonyl (C=O) groups is 1. The van der Waals surface area contributed by atoms with Crippen molar-refractivity contribution in [3.63, 3.8) is 0 Å². The number of likely N-dealkylation sites (tertiary alicyclic amines) is 1. The van der Waals surface area contributed by atoms with E-state index < -0.39 is 11.6 Å². The number of nitrogen functional groups attached to an aromatic ring is 1. The Morgan fingerprint density at radius 1 is 1.26 bits per heavy atom. The van der Waals surface area contributed by atoms with Crippen molar-refractivity contribution in [1.29, 1.82) is 5.26 Å². The number of halogens is 3. The van der Waals surface area contributed by atoms with Crippen LogP contribution in [0.25, 0.3) is 32.1 Å². The molecule has 1 saturated carbocycles. The van der Waals surface area contributed by atoms with Crippen molar-refractivity contribution in [3.8, 4) is 23.2 Å². The Morgan fingerprint density at radius 2 is 2.02 bits per heavy atom. The highest BCUT2D eigenvalue weighted by atomic mass is 35.5. The van der Waals surface area contributed by atoms with Gasteiger partial charge >= 0.3 is 6.01 Å². The number of rotatable bonds is 6. The average molecular weight is 610 g/mol. The molecular weight excluding hydrogens is 584 g/mol. The first-order valence-electron chi connectivity index (χ1n) is 13.7. The molecule has 2 saturated heterocycles. The van der Waals surface area contributed by atoms with Crippen LogP contribution in [-0.4, -0.2) is 59.1 Å². The van der Waals surface area contributed by atoms with Crippen LogP contribution < -0.4 is 21.1 Å². The van der Waals surface area contributed by atoms with Crippen molar-refractivity contribution in [2.75, 3.05) is 31.2 Å². The zero-order valence-electron chi connectivity index (χ0n) is 22.5. The number of hydrogen-bond acceptors (Lipinski definition) is 9. The van der Waals surface area contributed by atoms with E-state index in [4.69, 9.17) is 22.1 Å². The number of amides is 1. The number of nitrogens with one attached hydrogen (secondary N) is 2. The Kier molecular flexibility index (Phi) is 6.56. The predicted molar refractivity (Wildman–Crippen MR) is 158 cm³/mol. The molecule has 7 rings (SSSR count). The lowest BCUT2D eigenvalue weighted by molar-refractivity contribution is -0.131. The number of ether oxygens (including phenoxy) is 1. The normalized spacial score (nSPS) is 20.6. The van der Waals surface area contributed by atoms with Gasteiger partial charge in [-0.25, -0.2) is 8.78 Å². The van der Waals surface area contributed by atoms with E-state index in [9.17, 15) is 14.4 Å². The molecule has 3 aliphatic rings. The molecule has 0 bridgehead atoms. The molecule has 2 aromatic heterocycles. The summed E-state index contributed by atoms with van der Waals surface area (Å²) in [5.74, 6) is -0.150. The van der Waals surface area contributed by atoms with Crippen molar-refractivity contribution in [2.24, 2.45) is 5.92 Å². The lowest BCUT2D eigenvalue weighted by atomic mass is 9.97. The maximum Gasteiger partial charge on any atom is 0.318 e. The Bertz CT molecular complexity index is 1810. The van der Waals surface area contributed by atoms with Gasteiger partial charge in [0.15, 0.2) is 5.82 Å². The summed E-state index contributed by atoms with van der Waals surface area (Å²) in [6, 6.07) is 6.38. The summed E-state index contributed by atoms with van der Waals surface area (Å²) in [5.41, 5.74) is 6.22. The SMILES string of the molecule is COc1nc(NC2CCN(C(=O)[C@@H]3N[C@H]3C3CC3)CC2)c2cc(Cl)c(-c3ccc(F)c4sc(N)c(C#N)c34)c(F)c2n1. The standard InChI is InChI=1S/C29H26ClF2N7O2S/c1-41-29-37-23-15(27(38-29)35-13-6-8-39(9-7-13)28(40)24-22(36-24)12-2-3-12)10-17(30)20(21(23)32)14-4-5-18(31)25-19(14)16(11-33)26(34)42-25/h4-5,10,12-13,22,24,36H,2-3,6-9,34H2,1H3,(H,35,37,38)/t22-,24+/m0/s1. The highest BCUT2D eigenvalue weighted by Gasteiger charge is 2.52. The summed E-state index contributed by atoms with van der Waals surface area (Å²) in [6.07, 6.45) is 3.79. The number of fused-ring (bicyclic) bond motifs is 2. The fourth-order valence-corrected chi connectivity index (χ4v) is 7.25. The lowest BCUT2D eigenvalue weighted by Crippen LogP contribution is -2.45. The third-order valence-corrected chi connectivity index (χ3v) is 9.73. The summed E-state index contributed by atoms with van der Waals surface area (Å²) in [7, 11) is 1.39. The molecule has 1 amide bonds. The van der Waals surface area contributed by atoms with Gasteiger partial charge in [0.25, 0.3) is 0 Å². The van der Waals surface area contributed by atoms with Crippen molar-refractivity contribution in [3.05, 3.63) is 40.4 Å². The van der Waals surface area contributed by atoms with Gasteiger partial charge in [0.2, 0.25) is 5.91 Å². The number of piperidine rings is 1. The fourth-order valence-electron chi connectivity index (χ4n) is 6.01. The molecule has 2 aromatic carbocycles. The second-order valence-electron chi connectivity index (χ2n) is 11.0. The summed E-state index contributed by atoms with van der Waals surface area (Å²) in [4.78, 5) is 23.5. The van der Waals surface area contributed by atoms with Crippen LogP contribution in [0.2, 0.25) is 5.02 Å². The smallest absolute Gasteiger partial charge is 0.318 e. The molecule has 2 aliphatic heterocycles. The van der Waals surface area contributed by atoms with Gasteiger partial charge in [0.05, 0.1) is 22.4 Å². The number of aromatic nitrogens is 2. The summed E-state index contributed by atoms with van der Waals surface area (Å²) in [6.45, 7) is 1.22. The largest absolute Gasteiger partial charge is 0.467 e. The highest BCUT2D eigenvalue weighted by molar-refractivity contribution is 7.23. The van der Waals surface area contributed by atoms with E-state index in [2.05, 4.69) is 20.6 Å². The molecule has 9 nitrogen and oxygen atoms in total. The lowest BCUT2D eigenvalue weighted by Gasteiger charge is -2.33. The third kappa shape index (κ3) is 4.47. The van der Waals surface area contributed by atoms with Gasteiger partial charge in [-0.3, -0.25) is 10.1 Å². The van der Waals surface area contributed by atoms with Crippen molar-refractivity contribution < 1.29 is 18.3 Å². The van der Waals surface area contributed by atoms with Crippen LogP contribution in [0.4, 0.5) is 19.6 Å². The monoisotopic (exact) mass is 609 g/mol. The van der Waals surface area contributed by atoms with Crippen LogP contribution in [0.3, 0.4) is 0 Å². The first-order chi connectivity index (χ1) is 20.3. The number of nitrogens with two attached hydrogens (primary N) is 1. The number of methoxy groups -OCH3 is 1. The fraction of sp³-hybridized carbons (Fsp3) is 0.379. The van der Waals surface area contributed by atoms with Gasteiger partial charge in [-0.1, -0.05) is 17.7 Å². The zero-order valence-corrected chi connectivity index (χ0v) is 24.1. The number of nitrogens with zero attached hydrogens (tertiary/aromatic N) is 4. The molecule has 216 valence electrons. The number of hydrogen-bond donors (Lipinski definition) is 3. The van der Waals surface area contributed by atoms with Crippen LogP contribution in [0.5, 0.6) is 6.01 Å². The quantitative estimate of drug-likeness (QED) is 0.258. The van der Waals surface area contributed by atoms with E-state index in [-0.39, 0.29) is 66.3 Å². The Balaban J connectivity index is 1.21. The van der Waals surface area contributed by atoms with Crippen LogP contribution >= 0.6 is 22.9 Å². The second kappa shape index (κ2) is 10.2. The zero-order chi connectivity index (χ0) is 29.3. The van der Waals surface area contributed by atoms with E-state index in [0.717, 1.165) is 11.3 Å². The molecular formula is C29H26ClF2N7O2S. The van der Waals surface area contributed by atoms with E-state index >= 15 is 4.39 Å². The summed E-state index contributed by atoms with van der Waals surface area (Å²) < 4.78 is 36.5. The van der Waals surface area contributed by atoms with Gasteiger partial charge in [-0.05, 0) is 49.3 Å². The van der Waals surface area contributed by atoms with Crippen LogP contribution in [-0.2, 0) is 4.79 Å². The minimum Gasteiger partial charge on any atom is -0.467 e. The maximum atomic E-state index is 16.4. The van der Waals surface area contributed by atoms with Crippen LogP contribution in [0.1, 0.15) is 31.2 Å². The van der Waals surface area contributed by atoms with Crippen molar-refractivity contribution in [1.82, 2.24) is 20.2 Å². The van der Waals surface area contributed by atoms with E-state index in [0.29, 0.717) is 49.1 Å². The van der Waals surface area contributed by atoms with E-state index in [1.807, 2.05) is 11.0 Å². The number of anilines is 2. The summed E-state index contributed by atoms with van der Waals surface area (Å²) in [5, 5.41) is 17.2. The van der Waals surface area contributed by atoms with Crippen molar-refractivity contribution >= 4 is 60.7 Å². The van der Waals surface area contributed by atoms with E-state index in [1.54, 1.807) is 6.07 Å². The van der Waals surface area contributed by atoms with Gasteiger partial charge in [-0.2, -0.15) is 15.2 Å². The average Bonchev–Trinajstić information content (AvgIpc) is 3.91. The summed E-state index contributed by atoms with van der Waals surface area (Å²) >= 11 is 7.62. The van der Waals surface area contributed by atoms with E-state index in [1.165, 1.54) is 32.1 Å². The molecule has 0 radical (unpaired) electrons.